The number of aromatic nitrogens is 1. The number of hydrogen-bond donors (Lipinski definition) is 0. The monoisotopic (exact) mass is 299 g/mol. The third kappa shape index (κ3) is 2.49. The van der Waals surface area contributed by atoms with E-state index in [-0.39, 0.29) is 5.82 Å². The van der Waals surface area contributed by atoms with Crippen LogP contribution < -0.4 is 0 Å². The van der Waals surface area contributed by atoms with Crippen molar-refractivity contribution in [3.8, 4) is 22.4 Å². The van der Waals surface area contributed by atoms with Gasteiger partial charge in [-0.3, -0.25) is 0 Å². The lowest BCUT2D eigenvalue weighted by Gasteiger charge is -2.11. The first-order valence-electron chi connectivity index (χ1n) is 7.53. The fourth-order valence-electron chi connectivity index (χ4n) is 2.83. The van der Waals surface area contributed by atoms with Crippen molar-refractivity contribution in [2.75, 3.05) is 0 Å². The summed E-state index contributed by atoms with van der Waals surface area (Å²) >= 11 is 0. The number of benzene rings is 3. The van der Waals surface area contributed by atoms with Gasteiger partial charge in [-0.1, -0.05) is 66.7 Å². The molecule has 0 saturated heterocycles. The van der Waals surface area contributed by atoms with E-state index in [0.29, 0.717) is 5.56 Å². The van der Waals surface area contributed by atoms with Crippen molar-refractivity contribution in [3.05, 3.63) is 90.7 Å². The molecule has 0 aliphatic heterocycles. The van der Waals surface area contributed by atoms with Crippen LogP contribution in [-0.4, -0.2) is 4.98 Å². The fourth-order valence-corrected chi connectivity index (χ4v) is 2.83. The molecule has 23 heavy (non-hydrogen) atoms. The maximum Gasteiger partial charge on any atom is 0.131 e. The van der Waals surface area contributed by atoms with Gasteiger partial charge in [-0.15, -0.1) is 0 Å². The van der Waals surface area contributed by atoms with Crippen molar-refractivity contribution < 1.29 is 4.39 Å². The standard InChI is InChI=1S/C21H14FN/c22-19-12-6-4-10-16(19)18-14-21(15-8-2-1-3-9-15)23-20-13-7-5-11-17(18)20/h1-14H. The summed E-state index contributed by atoms with van der Waals surface area (Å²) in [5, 5.41) is 0.956. The van der Waals surface area contributed by atoms with Gasteiger partial charge in [0.25, 0.3) is 0 Å². The number of nitrogens with zero attached hydrogens (tertiary/aromatic N) is 1. The lowest BCUT2D eigenvalue weighted by Crippen LogP contribution is -1.91. The van der Waals surface area contributed by atoms with Crippen LogP contribution in [0.15, 0.2) is 84.9 Å². The third-order valence-corrected chi connectivity index (χ3v) is 3.95. The molecule has 0 atom stereocenters. The molecule has 0 spiro atoms. The lowest BCUT2D eigenvalue weighted by atomic mass is 9.98. The van der Waals surface area contributed by atoms with Crippen LogP contribution in [0.25, 0.3) is 33.3 Å². The minimum atomic E-state index is -0.220. The van der Waals surface area contributed by atoms with Gasteiger partial charge in [0, 0.05) is 16.5 Å². The predicted molar refractivity (Wildman–Crippen MR) is 92.6 cm³/mol. The summed E-state index contributed by atoms with van der Waals surface area (Å²) in [5.74, 6) is -0.220. The highest BCUT2D eigenvalue weighted by atomic mass is 19.1. The Kier molecular flexibility index (Phi) is 3.35. The smallest absolute Gasteiger partial charge is 0.131 e. The molecule has 0 amide bonds. The van der Waals surface area contributed by atoms with Gasteiger partial charge >= 0.3 is 0 Å². The van der Waals surface area contributed by atoms with Crippen LogP contribution in [0.3, 0.4) is 0 Å². The molecule has 4 rings (SSSR count). The molecule has 0 saturated carbocycles. The average molecular weight is 299 g/mol. The minimum absolute atomic E-state index is 0.220. The first-order valence-corrected chi connectivity index (χ1v) is 7.53. The van der Waals surface area contributed by atoms with Crippen LogP contribution in [0.5, 0.6) is 0 Å². The van der Waals surface area contributed by atoms with Crippen LogP contribution in [0.4, 0.5) is 4.39 Å². The van der Waals surface area contributed by atoms with Crippen LogP contribution in [0.2, 0.25) is 0 Å². The van der Waals surface area contributed by atoms with Crippen molar-refractivity contribution in [3.63, 3.8) is 0 Å². The summed E-state index contributed by atoms with van der Waals surface area (Å²) in [4.78, 5) is 4.74. The van der Waals surface area contributed by atoms with E-state index in [2.05, 4.69) is 0 Å². The van der Waals surface area contributed by atoms with Crippen molar-refractivity contribution in [1.29, 1.82) is 0 Å². The zero-order valence-electron chi connectivity index (χ0n) is 12.4. The summed E-state index contributed by atoms with van der Waals surface area (Å²) in [5.41, 5.74) is 4.21. The van der Waals surface area contributed by atoms with Crippen molar-refractivity contribution >= 4 is 10.9 Å². The molecule has 4 aromatic rings. The summed E-state index contributed by atoms with van der Waals surface area (Å²) in [7, 11) is 0. The Balaban J connectivity index is 2.04. The van der Waals surface area contributed by atoms with Gasteiger partial charge in [0.05, 0.1) is 11.2 Å². The van der Waals surface area contributed by atoms with Crippen LogP contribution >= 0.6 is 0 Å². The van der Waals surface area contributed by atoms with Gasteiger partial charge in [-0.2, -0.15) is 0 Å². The molecule has 1 nitrogen and oxygen atoms in total. The Hall–Kier alpha value is -3.00. The van der Waals surface area contributed by atoms with Gasteiger partial charge in [-0.25, -0.2) is 9.37 Å². The average Bonchev–Trinajstić information content (AvgIpc) is 2.62. The molecule has 1 heterocycles. The van der Waals surface area contributed by atoms with E-state index >= 15 is 0 Å². The normalized spacial score (nSPS) is 10.8. The maximum absolute atomic E-state index is 14.3. The Morgan fingerprint density at radius 1 is 0.652 bits per heavy atom. The second-order valence-corrected chi connectivity index (χ2v) is 5.42. The molecule has 0 aliphatic rings. The van der Waals surface area contributed by atoms with Crippen molar-refractivity contribution in [2.24, 2.45) is 0 Å². The van der Waals surface area contributed by atoms with Gasteiger partial charge in [0.1, 0.15) is 5.82 Å². The first kappa shape index (κ1) is 13.6. The minimum Gasteiger partial charge on any atom is -0.248 e. The highest BCUT2D eigenvalue weighted by Gasteiger charge is 2.11. The molecule has 0 radical (unpaired) electrons. The van der Waals surface area contributed by atoms with E-state index in [1.165, 1.54) is 6.07 Å². The van der Waals surface area contributed by atoms with E-state index in [9.17, 15) is 4.39 Å². The molecule has 0 bridgehead atoms. The van der Waals surface area contributed by atoms with Gasteiger partial charge < -0.3 is 0 Å². The molecular formula is C21H14FN. The Labute approximate surface area is 134 Å². The molecule has 0 fully saturated rings. The Bertz CT molecular complexity index is 977. The fraction of sp³-hybridized carbons (Fsp3) is 0. The molecule has 2 heteroatoms. The summed E-state index contributed by atoms with van der Waals surface area (Å²) in [6.45, 7) is 0. The lowest BCUT2D eigenvalue weighted by molar-refractivity contribution is 0.631. The topological polar surface area (TPSA) is 12.9 Å². The van der Waals surface area contributed by atoms with Crippen molar-refractivity contribution in [1.82, 2.24) is 4.98 Å². The van der Waals surface area contributed by atoms with Gasteiger partial charge in [0.2, 0.25) is 0 Å². The van der Waals surface area contributed by atoms with E-state index in [0.717, 1.165) is 27.7 Å². The number of para-hydroxylation sites is 1. The van der Waals surface area contributed by atoms with Gasteiger partial charge in [-0.05, 0) is 23.8 Å². The number of fused-ring (bicyclic) bond motifs is 1. The van der Waals surface area contributed by atoms with E-state index < -0.39 is 0 Å². The Morgan fingerprint density at radius 3 is 2.17 bits per heavy atom. The van der Waals surface area contributed by atoms with Crippen LogP contribution in [-0.2, 0) is 0 Å². The van der Waals surface area contributed by atoms with Crippen LogP contribution in [0, 0.1) is 5.82 Å². The third-order valence-electron chi connectivity index (χ3n) is 3.95. The SMILES string of the molecule is Fc1ccccc1-c1cc(-c2ccccc2)nc2ccccc12. The first-order chi connectivity index (χ1) is 11.3. The highest BCUT2D eigenvalue weighted by Crippen LogP contribution is 2.33. The van der Waals surface area contributed by atoms with Crippen molar-refractivity contribution in [2.45, 2.75) is 0 Å². The molecule has 1 aromatic heterocycles. The number of pyridine rings is 1. The predicted octanol–water partition coefficient (Wildman–Crippen LogP) is 5.71. The summed E-state index contributed by atoms with van der Waals surface area (Å²) in [6, 6.07) is 26.7. The molecule has 0 N–H and O–H groups in total. The largest absolute Gasteiger partial charge is 0.248 e. The quantitative estimate of drug-likeness (QED) is 0.462. The second-order valence-electron chi connectivity index (χ2n) is 5.42. The molecular weight excluding hydrogens is 285 g/mol. The Morgan fingerprint density at radius 2 is 1.35 bits per heavy atom. The molecule has 0 unspecified atom stereocenters. The number of halogens is 1. The van der Waals surface area contributed by atoms with E-state index in [1.54, 1.807) is 6.07 Å². The van der Waals surface area contributed by atoms with E-state index in [4.69, 9.17) is 4.98 Å². The molecule has 0 aliphatic carbocycles. The summed E-state index contributed by atoms with van der Waals surface area (Å²) in [6.07, 6.45) is 0. The maximum atomic E-state index is 14.3. The van der Waals surface area contributed by atoms with Gasteiger partial charge in [0.15, 0.2) is 0 Å². The second kappa shape index (κ2) is 5.65. The zero-order chi connectivity index (χ0) is 15.6. The van der Waals surface area contributed by atoms with E-state index in [1.807, 2.05) is 72.8 Å². The zero-order valence-corrected chi connectivity index (χ0v) is 12.4. The molecule has 110 valence electrons. The highest BCUT2D eigenvalue weighted by molar-refractivity contribution is 5.96. The summed E-state index contributed by atoms with van der Waals surface area (Å²) < 4.78 is 14.3. The number of hydrogen-bond acceptors (Lipinski definition) is 1. The number of rotatable bonds is 2. The molecule has 3 aromatic carbocycles. The van der Waals surface area contributed by atoms with Crippen LogP contribution in [0.1, 0.15) is 0 Å².